The zero-order valence-corrected chi connectivity index (χ0v) is 11.0. The summed E-state index contributed by atoms with van der Waals surface area (Å²) in [7, 11) is 0. The molecular formula is C14H17N5. The molecule has 0 bridgehead atoms. The van der Waals surface area contributed by atoms with Gasteiger partial charge in [-0.05, 0) is 25.3 Å². The number of rotatable bonds is 2. The summed E-state index contributed by atoms with van der Waals surface area (Å²) in [6.07, 6.45) is 11.1. The summed E-state index contributed by atoms with van der Waals surface area (Å²) in [6, 6.07) is 0. The van der Waals surface area contributed by atoms with Crippen LogP contribution in [-0.4, -0.2) is 33.0 Å². The molecule has 1 fully saturated rings. The Kier molecular flexibility index (Phi) is 3.35. The van der Waals surface area contributed by atoms with Crippen LogP contribution in [0, 0.1) is 6.92 Å². The average Bonchev–Trinajstić information content (AvgIpc) is 2.49. The summed E-state index contributed by atoms with van der Waals surface area (Å²) in [5.74, 6) is 1.41. The zero-order chi connectivity index (χ0) is 13.1. The quantitative estimate of drug-likeness (QED) is 0.821. The van der Waals surface area contributed by atoms with Crippen molar-refractivity contribution in [1.82, 2.24) is 19.9 Å². The standard InChI is InChI=1S/C14H17N5/c1-11-7-16-10-18-14(11)12-3-2-6-19(9-12)13-8-15-4-5-17-13/h4-5,7-8,10,12H,2-3,6,9H2,1H3. The van der Waals surface area contributed by atoms with Crippen LogP contribution in [0.4, 0.5) is 5.82 Å². The van der Waals surface area contributed by atoms with E-state index in [1.807, 2.05) is 12.4 Å². The molecule has 0 N–H and O–H groups in total. The van der Waals surface area contributed by atoms with Gasteiger partial charge in [-0.25, -0.2) is 15.0 Å². The summed E-state index contributed by atoms with van der Waals surface area (Å²) in [4.78, 5) is 19.3. The number of piperidine rings is 1. The highest BCUT2D eigenvalue weighted by atomic mass is 15.2. The molecule has 3 heterocycles. The molecule has 1 aliphatic heterocycles. The smallest absolute Gasteiger partial charge is 0.147 e. The third kappa shape index (κ3) is 2.54. The maximum Gasteiger partial charge on any atom is 0.147 e. The van der Waals surface area contributed by atoms with Crippen LogP contribution in [0.25, 0.3) is 0 Å². The summed E-state index contributed by atoms with van der Waals surface area (Å²) in [5.41, 5.74) is 2.34. The van der Waals surface area contributed by atoms with Gasteiger partial charge in [0.1, 0.15) is 12.1 Å². The van der Waals surface area contributed by atoms with Gasteiger partial charge in [0.15, 0.2) is 0 Å². The van der Waals surface area contributed by atoms with Gasteiger partial charge in [0.05, 0.1) is 11.9 Å². The van der Waals surface area contributed by atoms with Gasteiger partial charge in [-0.15, -0.1) is 0 Å². The van der Waals surface area contributed by atoms with E-state index in [-0.39, 0.29) is 0 Å². The second-order valence-electron chi connectivity index (χ2n) is 4.94. The molecule has 0 amide bonds. The van der Waals surface area contributed by atoms with E-state index in [0.717, 1.165) is 25.3 Å². The minimum atomic E-state index is 0.457. The molecule has 0 spiro atoms. The van der Waals surface area contributed by atoms with Crippen molar-refractivity contribution in [1.29, 1.82) is 0 Å². The first-order chi connectivity index (χ1) is 9.34. The van der Waals surface area contributed by atoms with Crippen molar-refractivity contribution in [2.75, 3.05) is 18.0 Å². The number of aryl methyl sites for hydroxylation is 1. The first-order valence-corrected chi connectivity index (χ1v) is 6.62. The van der Waals surface area contributed by atoms with E-state index in [9.17, 15) is 0 Å². The highest BCUT2D eigenvalue weighted by molar-refractivity contribution is 5.37. The maximum absolute atomic E-state index is 4.46. The molecule has 0 aromatic carbocycles. The monoisotopic (exact) mass is 255 g/mol. The Morgan fingerprint density at radius 3 is 2.89 bits per heavy atom. The normalized spacial score (nSPS) is 19.4. The molecule has 19 heavy (non-hydrogen) atoms. The second-order valence-corrected chi connectivity index (χ2v) is 4.94. The van der Waals surface area contributed by atoms with Gasteiger partial charge in [0, 0.05) is 37.6 Å². The van der Waals surface area contributed by atoms with Crippen molar-refractivity contribution in [2.24, 2.45) is 0 Å². The van der Waals surface area contributed by atoms with Crippen LogP contribution < -0.4 is 4.90 Å². The molecule has 1 aliphatic rings. The van der Waals surface area contributed by atoms with Gasteiger partial charge in [-0.2, -0.15) is 0 Å². The van der Waals surface area contributed by atoms with Gasteiger partial charge in [0.2, 0.25) is 0 Å². The van der Waals surface area contributed by atoms with E-state index in [2.05, 4.69) is 31.8 Å². The lowest BCUT2D eigenvalue weighted by atomic mass is 9.92. The fourth-order valence-corrected chi connectivity index (χ4v) is 2.70. The Hall–Kier alpha value is -2.04. The second kappa shape index (κ2) is 5.30. The molecule has 1 unspecified atom stereocenters. The lowest BCUT2D eigenvalue weighted by molar-refractivity contribution is 0.495. The molecule has 1 atom stereocenters. The first kappa shape index (κ1) is 12.0. The number of aromatic nitrogens is 4. The molecule has 1 saturated heterocycles. The van der Waals surface area contributed by atoms with Crippen molar-refractivity contribution in [3.05, 3.63) is 42.4 Å². The molecule has 3 rings (SSSR count). The van der Waals surface area contributed by atoms with Crippen LogP contribution in [0.3, 0.4) is 0 Å². The van der Waals surface area contributed by atoms with Crippen molar-refractivity contribution in [3.63, 3.8) is 0 Å². The van der Waals surface area contributed by atoms with Crippen LogP contribution in [0.15, 0.2) is 31.1 Å². The molecular weight excluding hydrogens is 238 g/mol. The van der Waals surface area contributed by atoms with Crippen molar-refractivity contribution < 1.29 is 0 Å². The Morgan fingerprint density at radius 2 is 2.11 bits per heavy atom. The maximum atomic E-state index is 4.46. The Morgan fingerprint density at radius 1 is 1.16 bits per heavy atom. The molecule has 5 nitrogen and oxygen atoms in total. The molecule has 0 aliphatic carbocycles. The first-order valence-electron chi connectivity index (χ1n) is 6.62. The van der Waals surface area contributed by atoms with Gasteiger partial charge < -0.3 is 4.90 Å². The highest BCUT2D eigenvalue weighted by Gasteiger charge is 2.24. The SMILES string of the molecule is Cc1cncnc1C1CCCN(c2cnccn2)C1. The Bertz CT molecular complexity index is 543. The van der Waals surface area contributed by atoms with Crippen molar-refractivity contribution in [3.8, 4) is 0 Å². The summed E-state index contributed by atoms with van der Waals surface area (Å²) >= 11 is 0. The van der Waals surface area contributed by atoms with Gasteiger partial charge >= 0.3 is 0 Å². The number of nitrogens with zero attached hydrogens (tertiary/aromatic N) is 5. The van der Waals surface area contributed by atoms with Gasteiger partial charge in [-0.1, -0.05) is 0 Å². The van der Waals surface area contributed by atoms with Crippen LogP contribution in [0.2, 0.25) is 0 Å². The summed E-state index contributed by atoms with van der Waals surface area (Å²) < 4.78 is 0. The van der Waals surface area contributed by atoms with Crippen LogP contribution >= 0.6 is 0 Å². The highest BCUT2D eigenvalue weighted by Crippen LogP contribution is 2.28. The predicted octanol–water partition coefficient (Wildman–Crippen LogP) is 1.96. The molecule has 0 radical (unpaired) electrons. The Balaban J connectivity index is 1.81. The number of hydrogen-bond donors (Lipinski definition) is 0. The van der Waals surface area contributed by atoms with E-state index in [1.54, 1.807) is 18.7 Å². The summed E-state index contributed by atoms with van der Waals surface area (Å²) in [6.45, 7) is 4.08. The van der Waals surface area contributed by atoms with Crippen LogP contribution in [0.1, 0.15) is 30.0 Å². The Labute approximate surface area is 112 Å². The van der Waals surface area contributed by atoms with E-state index in [4.69, 9.17) is 0 Å². The van der Waals surface area contributed by atoms with Crippen molar-refractivity contribution >= 4 is 5.82 Å². The predicted molar refractivity (Wildman–Crippen MR) is 73.0 cm³/mol. The van der Waals surface area contributed by atoms with Crippen LogP contribution in [-0.2, 0) is 0 Å². The lowest BCUT2D eigenvalue weighted by Crippen LogP contribution is -2.35. The molecule has 2 aromatic heterocycles. The third-order valence-corrected chi connectivity index (χ3v) is 3.62. The lowest BCUT2D eigenvalue weighted by Gasteiger charge is -2.33. The largest absolute Gasteiger partial charge is 0.355 e. The number of hydrogen-bond acceptors (Lipinski definition) is 5. The third-order valence-electron chi connectivity index (χ3n) is 3.62. The average molecular weight is 255 g/mol. The van der Waals surface area contributed by atoms with E-state index in [0.29, 0.717) is 5.92 Å². The summed E-state index contributed by atoms with van der Waals surface area (Å²) in [5, 5.41) is 0. The topological polar surface area (TPSA) is 54.8 Å². The fraction of sp³-hybridized carbons (Fsp3) is 0.429. The van der Waals surface area contributed by atoms with Gasteiger partial charge in [0.25, 0.3) is 0 Å². The molecule has 5 heteroatoms. The molecule has 0 saturated carbocycles. The van der Waals surface area contributed by atoms with Crippen LogP contribution in [0.5, 0.6) is 0 Å². The molecule has 2 aromatic rings. The zero-order valence-electron chi connectivity index (χ0n) is 11.0. The van der Waals surface area contributed by atoms with E-state index < -0.39 is 0 Å². The fourth-order valence-electron chi connectivity index (χ4n) is 2.70. The minimum Gasteiger partial charge on any atom is -0.355 e. The van der Waals surface area contributed by atoms with Crippen molar-refractivity contribution in [2.45, 2.75) is 25.7 Å². The molecule has 98 valence electrons. The van der Waals surface area contributed by atoms with E-state index in [1.165, 1.54) is 17.7 Å². The number of anilines is 1. The van der Waals surface area contributed by atoms with E-state index >= 15 is 0 Å². The minimum absolute atomic E-state index is 0.457. The van der Waals surface area contributed by atoms with Gasteiger partial charge in [-0.3, -0.25) is 4.98 Å².